The van der Waals surface area contributed by atoms with Crippen LogP contribution in [0, 0.1) is 5.41 Å². The minimum absolute atomic E-state index is 0.0261. The molecule has 1 aromatic heterocycles. The number of rotatable bonds is 5. The fourth-order valence-electron chi connectivity index (χ4n) is 2.19. The van der Waals surface area contributed by atoms with Gasteiger partial charge in [-0.3, -0.25) is 4.79 Å². The summed E-state index contributed by atoms with van der Waals surface area (Å²) < 4.78 is 5.70. The molecule has 118 valence electrons. The van der Waals surface area contributed by atoms with Crippen molar-refractivity contribution < 1.29 is 9.53 Å². The minimum Gasteiger partial charge on any atom is -0.481 e. The van der Waals surface area contributed by atoms with Crippen LogP contribution >= 0.6 is 11.3 Å². The van der Waals surface area contributed by atoms with E-state index in [1.165, 1.54) is 0 Å². The summed E-state index contributed by atoms with van der Waals surface area (Å²) in [4.78, 5) is 13.6. The average molecular weight is 317 g/mol. The van der Waals surface area contributed by atoms with Crippen molar-refractivity contribution in [3.05, 3.63) is 52.7 Å². The molecular formula is C18H23NO2S. The van der Waals surface area contributed by atoms with Gasteiger partial charge in [0.1, 0.15) is 5.75 Å². The Labute approximate surface area is 136 Å². The number of carbonyl (C=O) groups excluding carboxylic acids is 1. The van der Waals surface area contributed by atoms with Crippen LogP contribution in [0.5, 0.6) is 5.75 Å². The number of para-hydroxylation sites is 1. The predicted molar refractivity (Wildman–Crippen MR) is 91.2 cm³/mol. The second kappa shape index (κ2) is 6.97. The fourth-order valence-corrected chi connectivity index (χ4v) is 3.21. The Morgan fingerprint density at radius 1 is 1.14 bits per heavy atom. The number of benzene rings is 1. The lowest BCUT2D eigenvalue weighted by molar-refractivity contribution is -0.128. The van der Waals surface area contributed by atoms with E-state index < -0.39 is 6.10 Å². The van der Waals surface area contributed by atoms with Crippen molar-refractivity contribution in [2.45, 2.75) is 39.8 Å². The Hall–Kier alpha value is -1.81. The third-order valence-corrected chi connectivity index (χ3v) is 4.34. The van der Waals surface area contributed by atoms with Crippen molar-refractivity contribution in [2.24, 2.45) is 5.41 Å². The van der Waals surface area contributed by atoms with E-state index in [1.54, 1.807) is 18.3 Å². The minimum atomic E-state index is -0.535. The van der Waals surface area contributed by atoms with E-state index in [0.717, 1.165) is 4.88 Å². The van der Waals surface area contributed by atoms with Gasteiger partial charge in [0, 0.05) is 4.88 Å². The van der Waals surface area contributed by atoms with Gasteiger partial charge in [0.15, 0.2) is 6.10 Å². The molecule has 0 unspecified atom stereocenters. The van der Waals surface area contributed by atoms with Crippen LogP contribution in [0.15, 0.2) is 47.8 Å². The SMILES string of the molecule is C[C@H](Oc1ccccc1)C(=O)N[C@H](c1cccs1)C(C)(C)C. The largest absolute Gasteiger partial charge is 0.481 e. The van der Waals surface area contributed by atoms with Crippen molar-refractivity contribution in [2.75, 3.05) is 0 Å². The molecule has 1 amide bonds. The van der Waals surface area contributed by atoms with Crippen LogP contribution < -0.4 is 10.1 Å². The average Bonchev–Trinajstić information content (AvgIpc) is 2.98. The number of nitrogens with one attached hydrogen (secondary N) is 1. The molecule has 1 aromatic carbocycles. The van der Waals surface area contributed by atoms with Crippen LogP contribution in [0.25, 0.3) is 0 Å². The normalized spacial score (nSPS) is 14.2. The topological polar surface area (TPSA) is 38.3 Å². The van der Waals surface area contributed by atoms with E-state index in [1.807, 2.05) is 41.8 Å². The number of carbonyl (C=O) groups is 1. The summed E-state index contributed by atoms with van der Waals surface area (Å²) >= 11 is 1.66. The monoisotopic (exact) mass is 317 g/mol. The smallest absolute Gasteiger partial charge is 0.261 e. The highest BCUT2D eigenvalue weighted by molar-refractivity contribution is 7.10. The first-order valence-corrected chi connectivity index (χ1v) is 8.31. The van der Waals surface area contributed by atoms with Gasteiger partial charge in [-0.05, 0) is 35.9 Å². The molecule has 0 aliphatic rings. The van der Waals surface area contributed by atoms with Gasteiger partial charge in [-0.25, -0.2) is 0 Å². The van der Waals surface area contributed by atoms with Gasteiger partial charge in [-0.1, -0.05) is 45.0 Å². The molecule has 0 saturated heterocycles. The summed E-state index contributed by atoms with van der Waals surface area (Å²) in [5.74, 6) is 0.603. The summed E-state index contributed by atoms with van der Waals surface area (Å²) in [5, 5.41) is 5.16. The molecule has 0 aliphatic carbocycles. The van der Waals surface area contributed by atoms with Crippen molar-refractivity contribution >= 4 is 17.2 Å². The van der Waals surface area contributed by atoms with E-state index in [-0.39, 0.29) is 17.4 Å². The molecule has 0 saturated carbocycles. The first kappa shape index (κ1) is 16.6. The Morgan fingerprint density at radius 2 is 1.82 bits per heavy atom. The molecule has 0 spiro atoms. The molecule has 0 bridgehead atoms. The van der Waals surface area contributed by atoms with Gasteiger partial charge in [0.2, 0.25) is 0 Å². The molecule has 3 nitrogen and oxygen atoms in total. The van der Waals surface area contributed by atoms with Gasteiger partial charge in [0.25, 0.3) is 5.91 Å². The van der Waals surface area contributed by atoms with Crippen LogP contribution in [0.1, 0.15) is 38.6 Å². The lowest BCUT2D eigenvalue weighted by atomic mass is 9.85. The first-order valence-electron chi connectivity index (χ1n) is 7.43. The van der Waals surface area contributed by atoms with Gasteiger partial charge in [-0.2, -0.15) is 0 Å². The maximum atomic E-state index is 12.5. The number of hydrogen-bond donors (Lipinski definition) is 1. The number of amides is 1. The molecular weight excluding hydrogens is 294 g/mol. The maximum Gasteiger partial charge on any atom is 0.261 e. The third kappa shape index (κ3) is 4.34. The van der Waals surface area contributed by atoms with E-state index in [2.05, 4.69) is 32.2 Å². The first-order chi connectivity index (χ1) is 10.4. The van der Waals surface area contributed by atoms with Gasteiger partial charge in [0.05, 0.1) is 6.04 Å². The van der Waals surface area contributed by atoms with E-state index in [4.69, 9.17) is 4.74 Å². The highest BCUT2D eigenvalue weighted by Gasteiger charge is 2.30. The molecule has 0 radical (unpaired) electrons. The summed E-state index contributed by atoms with van der Waals surface area (Å²) in [6.45, 7) is 8.15. The Morgan fingerprint density at radius 3 is 2.36 bits per heavy atom. The summed E-state index contributed by atoms with van der Waals surface area (Å²) in [6, 6.07) is 13.5. The van der Waals surface area contributed by atoms with Crippen LogP contribution in [0.2, 0.25) is 0 Å². The summed E-state index contributed by atoms with van der Waals surface area (Å²) in [7, 11) is 0. The molecule has 0 fully saturated rings. The van der Waals surface area contributed by atoms with Crippen molar-refractivity contribution in [1.29, 1.82) is 0 Å². The molecule has 2 atom stereocenters. The zero-order chi connectivity index (χ0) is 16.2. The number of ether oxygens (including phenoxy) is 1. The molecule has 1 heterocycles. The molecule has 2 rings (SSSR count). The summed E-state index contributed by atoms with van der Waals surface area (Å²) in [6.07, 6.45) is -0.535. The molecule has 0 aliphatic heterocycles. The van der Waals surface area contributed by atoms with E-state index >= 15 is 0 Å². The van der Waals surface area contributed by atoms with Crippen LogP contribution in [0.3, 0.4) is 0 Å². The fraction of sp³-hybridized carbons (Fsp3) is 0.389. The Kier molecular flexibility index (Phi) is 5.24. The third-order valence-electron chi connectivity index (χ3n) is 3.41. The lowest BCUT2D eigenvalue weighted by Gasteiger charge is -2.31. The number of hydrogen-bond acceptors (Lipinski definition) is 3. The predicted octanol–water partition coefficient (Wildman–Crippen LogP) is 4.42. The van der Waals surface area contributed by atoms with E-state index in [0.29, 0.717) is 5.75 Å². The lowest BCUT2D eigenvalue weighted by Crippen LogP contribution is -2.42. The highest BCUT2D eigenvalue weighted by atomic mass is 32.1. The molecule has 2 aromatic rings. The summed E-state index contributed by atoms with van der Waals surface area (Å²) in [5.41, 5.74) is -0.0625. The standard InChI is InChI=1S/C18H23NO2S/c1-13(21-14-9-6-5-7-10-14)17(20)19-16(18(2,3)4)15-11-8-12-22-15/h5-13,16H,1-4H3,(H,19,20)/t13-,16+/m0/s1. The second-order valence-electron chi connectivity index (χ2n) is 6.40. The molecule has 22 heavy (non-hydrogen) atoms. The van der Waals surface area contributed by atoms with Crippen molar-refractivity contribution in [3.63, 3.8) is 0 Å². The van der Waals surface area contributed by atoms with E-state index in [9.17, 15) is 4.79 Å². The van der Waals surface area contributed by atoms with Crippen molar-refractivity contribution in [3.8, 4) is 5.75 Å². The van der Waals surface area contributed by atoms with Crippen LogP contribution in [0.4, 0.5) is 0 Å². The maximum absolute atomic E-state index is 12.5. The van der Waals surface area contributed by atoms with Gasteiger partial charge < -0.3 is 10.1 Å². The quantitative estimate of drug-likeness (QED) is 0.886. The Balaban J connectivity index is 2.05. The van der Waals surface area contributed by atoms with Crippen LogP contribution in [-0.4, -0.2) is 12.0 Å². The zero-order valence-corrected chi connectivity index (χ0v) is 14.3. The molecule has 4 heteroatoms. The molecule has 1 N–H and O–H groups in total. The van der Waals surface area contributed by atoms with Gasteiger partial charge in [-0.15, -0.1) is 11.3 Å². The van der Waals surface area contributed by atoms with Gasteiger partial charge >= 0.3 is 0 Å². The Bertz CT molecular complexity index is 587. The number of thiophene rings is 1. The van der Waals surface area contributed by atoms with Crippen molar-refractivity contribution in [1.82, 2.24) is 5.32 Å². The highest BCUT2D eigenvalue weighted by Crippen LogP contribution is 2.35. The second-order valence-corrected chi connectivity index (χ2v) is 7.38. The zero-order valence-electron chi connectivity index (χ0n) is 13.5. The van der Waals surface area contributed by atoms with Crippen LogP contribution in [-0.2, 0) is 4.79 Å².